The zero-order valence-corrected chi connectivity index (χ0v) is 8.36. The second kappa shape index (κ2) is 4.70. The first-order chi connectivity index (χ1) is 6.63. The summed E-state index contributed by atoms with van der Waals surface area (Å²) in [5.74, 6) is 0. The van der Waals surface area contributed by atoms with E-state index in [1.54, 1.807) is 12.1 Å². The quantitative estimate of drug-likeness (QED) is 0.575. The van der Waals surface area contributed by atoms with Gasteiger partial charge in [-0.1, -0.05) is 23.2 Å². The number of benzene rings is 1. The second-order valence-corrected chi connectivity index (χ2v) is 3.16. The van der Waals surface area contributed by atoms with Gasteiger partial charge in [0, 0.05) is 5.02 Å². The van der Waals surface area contributed by atoms with E-state index in [1.807, 2.05) is 5.32 Å². The summed E-state index contributed by atoms with van der Waals surface area (Å²) >= 11 is 11.4. The van der Waals surface area contributed by atoms with Gasteiger partial charge >= 0.3 is 6.03 Å². The van der Waals surface area contributed by atoms with Gasteiger partial charge in [-0.2, -0.15) is 5.26 Å². The Morgan fingerprint density at radius 2 is 2.14 bits per heavy atom. The van der Waals surface area contributed by atoms with Gasteiger partial charge in [0.2, 0.25) is 0 Å². The van der Waals surface area contributed by atoms with Crippen molar-refractivity contribution in [2.45, 2.75) is 0 Å². The zero-order valence-electron chi connectivity index (χ0n) is 6.84. The predicted molar refractivity (Wildman–Crippen MR) is 54.2 cm³/mol. The first-order valence-corrected chi connectivity index (χ1v) is 4.30. The van der Waals surface area contributed by atoms with Crippen molar-refractivity contribution < 1.29 is 4.79 Å². The zero-order chi connectivity index (χ0) is 10.6. The van der Waals surface area contributed by atoms with Crippen LogP contribution in [-0.4, -0.2) is 6.03 Å². The Bertz CT molecular complexity index is 400. The Hall–Kier alpha value is -1.44. The van der Waals surface area contributed by atoms with Crippen molar-refractivity contribution in [1.29, 1.82) is 5.26 Å². The van der Waals surface area contributed by atoms with Gasteiger partial charge in [0.1, 0.15) is 0 Å². The van der Waals surface area contributed by atoms with Crippen LogP contribution in [0.25, 0.3) is 0 Å². The number of carbonyl (C=O) groups is 1. The summed E-state index contributed by atoms with van der Waals surface area (Å²) in [4.78, 5) is 10.9. The molecule has 0 saturated heterocycles. The molecule has 0 heterocycles. The molecule has 0 aliphatic carbocycles. The van der Waals surface area contributed by atoms with Crippen molar-refractivity contribution in [1.82, 2.24) is 5.32 Å². The minimum absolute atomic E-state index is 0.350. The highest BCUT2D eigenvalue weighted by Gasteiger charge is 2.04. The Kier molecular flexibility index (Phi) is 3.57. The van der Waals surface area contributed by atoms with E-state index in [2.05, 4.69) is 5.32 Å². The van der Waals surface area contributed by atoms with Gasteiger partial charge in [0.05, 0.1) is 10.7 Å². The number of hydrogen-bond donors (Lipinski definition) is 2. The topological polar surface area (TPSA) is 64.9 Å². The lowest BCUT2D eigenvalue weighted by Gasteiger charge is -2.05. The van der Waals surface area contributed by atoms with Crippen LogP contribution in [0.15, 0.2) is 18.2 Å². The molecule has 0 radical (unpaired) electrons. The Balaban J connectivity index is 2.81. The Labute approximate surface area is 90.4 Å². The number of halogens is 2. The van der Waals surface area contributed by atoms with Crippen LogP contribution in [0.2, 0.25) is 10.0 Å². The smallest absolute Gasteiger partial charge is 0.306 e. The summed E-state index contributed by atoms with van der Waals surface area (Å²) in [7, 11) is 0. The molecule has 1 aromatic rings. The summed E-state index contributed by atoms with van der Waals surface area (Å²) in [6, 6.07) is 3.97. The van der Waals surface area contributed by atoms with Crippen LogP contribution in [0.3, 0.4) is 0 Å². The van der Waals surface area contributed by atoms with Crippen LogP contribution in [0.5, 0.6) is 0 Å². The molecule has 0 aliphatic rings. The first kappa shape index (κ1) is 10.6. The van der Waals surface area contributed by atoms with Gasteiger partial charge in [-0.25, -0.2) is 10.1 Å². The van der Waals surface area contributed by atoms with Crippen LogP contribution in [0, 0.1) is 11.5 Å². The van der Waals surface area contributed by atoms with Crippen LogP contribution in [-0.2, 0) is 0 Å². The number of anilines is 1. The van der Waals surface area contributed by atoms with Gasteiger partial charge in [-0.3, -0.25) is 0 Å². The summed E-state index contributed by atoms with van der Waals surface area (Å²) in [6.45, 7) is 0. The highest BCUT2D eigenvalue weighted by Crippen LogP contribution is 2.25. The third-order valence-electron chi connectivity index (χ3n) is 1.35. The van der Waals surface area contributed by atoms with Crippen LogP contribution in [0.1, 0.15) is 0 Å². The molecule has 0 aliphatic heterocycles. The molecule has 1 rings (SSSR count). The third kappa shape index (κ3) is 2.80. The number of rotatable bonds is 1. The largest absolute Gasteiger partial charge is 0.332 e. The predicted octanol–water partition coefficient (Wildman–Crippen LogP) is 2.60. The fourth-order valence-electron chi connectivity index (χ4n) is 0.798. The maximum absolute atomic E-state index is 10.9. The lowest BCUT2D eigenvalue weighted by atomic mass is 10.3. The molecule has 0 fully saturated rings. The summed E-state index contributed by atoms with van der Waals surface area (Å²) < 4.78 is 0. The molecule has 0 unspecified atom stereocenters. The fraction of sp³-hybridized carbons (Fsp3) is 0. The number of carbonyl (C=O) groups excluding carboxylic acids is 1. The average Bonchev–Trinajstić information content (AvgIpc) is 2.12. The van der Waals surface area contributed by atoms with Crippen LogP contribution < -0.4 is 10.6 Å². The molecule has 2 N–H and O–H groups in total. The standard InChI is InChI=1S/C8H5Cl2N3O/c9-5-1-2-6(10)7(3-5)13-8(14)12-4-11/h1-3H,(H2,12,13,14). The maximum atomic E-state index is 10.9. The van der Waals surface area contributed by atoms with Crippen molar-refractivity contribution in [3.05, 3.63) is 28.2 Å². The van der Waals surface area contributed by atoms with E-state index in [0.29, 0.717) is 15.7 Å². The molecule has 72 valence electrons. The molecule has 0 bridgehead atoms. The molecular weight excluding hydrogens is 225 g/mol. The van der Waals surface area contributed by atoms with E-state index >= 15 is 0 Å². The van der Waals surface area contributed by atoms with E-state index in [1.165, 1.54) is 12.3 Å². The molecule has 2 amide bonds. The van der Waals surface area contributed by atoms with Crippen molar-refractivity contribution in [3.63, 3.8) is 0 Å². The van der Waals surface area contributed by atoms with Gasteiger partial charge < -0.3 is 5.32 Å². The monoisotopic (exact) mass is 229 g/mol. The molecule has 0 atom stereocenters. The summed E-state index contributed by atoms with van der Waals surface area (Å²) in [5, 5.41) is 13.2. The molecule has 14 heavy (non-hydrogen) atoms. The molecule has 0 saturated carbocycles. The van der Waals surface area contributed by atoms with E-state index in [-0.39, 0.29) is 0 Å². The lowest BCUT2D eigenvalue weighted by molar-refractivity contribution is 0.255. The minimum atomic E-state index is -0.656. The summed E-state index contributed by atoms with van der Waals surface area (Å²) in [6.07, 6.45) is 1.48. The van der Waals surface area contributed by atoms with Crippen molar-refractivity contribution >= 4 is 34.9 Å². The first-order valence-electron chi connectivity index (χ1n) is 3.54. The lowest BCUT2D eigenvalue weighted by Crippen LogP contribution is -2.24. The Morgan fingerprint density at radius 3 is 2.79 bits per heavy atom. The average molecular weight is 230 g/mol. The number of nitrogens with one attached hydrogen (secondary N) is 2. The fourth-order valence-corrected chi connectivity index (χ4v) is 1.13. The van der Waals surface area contributed by atoms with E-state index in [9.17, 15) is 4.79 Å². The highest BCUT2D eigenvalue weighted by molar-refractivity contribution is 6.35. The molecule has 0 aromatic heterocycles. The minimum Gasteiger partial charge on any atom is -0.306 e. The normalized spacial score (nSPS) is 8.93. The van der Waals surface area contributed by atoms with Crippen molar-refractivity contribution in [3.8, 4) is 6.19 Å². The molecule has 4 nitrogen and oxygen atoms in total. The second-order valence-electron chi connectivity index (χ2n) is 2.32. The molecular formula is C8H5Cl2N3O. The van der Waals surface area contributed by atoms with Gasteiger partial charge in [-0.15, -0.1) is 0 Å². The summed E-state index contributed by atoms with van der Waals surface area (Å²) in [5.41, 5.74) is 0.354. The van der Waals surface area contributed by atoms with Gasteiger partial charge in [0.15, 0.2) is 6.19 Å². The number of amides is 2. The van der Waals surface area contributed by atoms with Crippen molar-refractivity contribution in [2.24, 2.45) is 0 Å². The molecule has 0 spiro atoms. The van der Waals surface area contributed by atoms with Crippen molar-refractivity contribution in [2.75, 3.05) is 5.32 Å². The molecule has 1 aromatic carbocycles. The number of nitriles is 1. The molecule has 6 heteroatoms. The van der Waals surface area contributed by atoms with Crippen LogP contribution >= 0.6 is 23.2 Å². The Morgan fingerprint density at radius 1 is 1.43 bits per heavy atom. The number of hydrogen-bond acceptors (Lipinski definition) is 2. The maximum Gasteiger partial charge on any atom is 0.332 e. The van der Waals surface area contributed by atoms with Crippen LogP contribution in [0.4, 0.5) is 10.5 Å². The van der Waals surface area contributed by atoms with Gasteiger partial charge in [-0.05, 0) is 18.2 Å². The SMILES string of the molecule is N#CNC(=O)Nc1cc(Cl)ccc1Cl. The number of urea groups is 1. The highest BCUT2D eigenvalue weighted by atomic mass is 35.5. The van der Waals surface area contributed by atoms with E-state index in [0.717, 1.165) is 0 Å². The van der Waals surface area contributed by atoms with E-state index < -0.39 is 6.03 Å². The van der Waals surface area contributed by atoms with E-state index in [4.69, 9.17) is 28.5 Å². The number of nitrogens with zero attached hydrogens (tertiary/aromatic N) is 1. The van der Waals surface area contributed by atoms with Gasteiger partial charge in [0.25, 0.3) is 0 Å². The third-order valence-corrected chi connectivity index (χ3v) is 1.91.